The van der Waals surface area contributed by atoms with E-state index in [2.05, 4.69) is 6.92 Å². The summed E-state index contributed by atoms with van der Waals surface area (Å²) in [6.45, 7) is 3.06. The second-order valence-corrected chi connectivity index (χ2v) is 4.19. The average Bonchev–Trinajstić information content (AvgIpc) is 2.49. The third kappa shape index (κ3) is 1.21. The fourth-order valence-corrected chi connectivity index (χ4v) is 3.00. The van der Waals surface area contributed by atoms with E-state index < -0.39 is 0 Å². The Morgan fingerprint density at radius 1 is 1.07 bits per heavy atom. The van der Waals surface area contributed by atoms with Crippen LogP contribution in [0.25, 0.3) is 0 Å². The van der Waals surface area contributed by atoms with Gasteiger partial charge in [0.05, 0.1) is 0 Å². The third-order valence-corrected chi connectivity index (χ3v) is 3.66. The molecule has 2 rings (SSSR count). The molecule has 0 amide bonds. The molecule has 0 aromatic heterocycles. The Bertz CT molecular complexity index is 240. The first-order valence-corrected chi connectivity index (χ1v) is 4.97. The predicted molar refractivity (Wildman–Crippen MR) is 47.3 cm³/mol. The Kier molecular flexibility index (Phi) is 2.44. The highest BCUT2D eigenvalue weighted by atomic mass is 16.6. The lowest BCUT2D eigenvalue weighted by Crippen LogP contribution is -2.57. The van der Waals surface area contributed by atoms with Crippen molar-refractivity contribution >= 4 is 12.9 Å². The Hall–Kier alpha value is -1.06. The number of hydrogen-bond donors (Lipinski definition) is 0. The normalized spacial score (nSPS) is 44.8. The monoisotopic (exact) mass is 198 g/mol. The molecule has 78 valence electrons. The molecule has 2 aliphatic rings. The molecule has 2 aliphatic carbocycles. The van der Waals surface area contributed by atoms with Crippen LogP contribution in [0.3, 0.4) is 0 Å². The van der Waals surface area contributed by atoms with Crippen molar-refractivity contribution in [2.24, 2.45) is 17.8 Å². The largest absolute Gasteiger partial charge is 0.460 e. The van der Waals surface area contributed by atoms with E-state index in [0.717, 1.165) is 12.8 Å². The quantitative estimate of drug-likeness (QED) is 0.625. The zero-order chi connectivity index (χ0) is 10.1. The van der Waals surface area contributed by atoms with E-state index in [1.165, 1.54) is 0 Å². The summed E-state index contributed by atoms with van der Waals surface area (Å²) < 4.78 is 9.90. The first kappa shape index (κ1) is 9.49. The number of ether oxygens (including phenoxy) is 2. The number of hydrogen-bond acceptors (Lipinski definition) is 4. The summed E-state index contributed by atoms with van der Waals surface area (Å²) >= 11 is 0. The van der Waals surface area contributed by atoms with E-state index in [4.69, 9.17) is 9.47 Å². The van der Waals surface area contributed by atoms with Gasteiger partial charge in [-0.2, -0.15) is 0 Å². The molecule has 2 fully saturated rings. The van der Waals surface area contributed by atoms with Gasteiger partial charge in [0.1, 0.15) is 12.2 Å². The summed E-state index contributed by atoms with van der Waals surface area (Å²) in [5.41, 5.74) is 0. The molecule has 0 saturated heterocycles. The molecule has 0 spiro atoms. The summed E-state index contributed by atoms with van der Waals surface area (Å²) in [4.78, 5) is 20.5. The molecule has 2 saturated carbocycles. The van der Waals surface area contributed by atoms with E-state index in [9.17, 15) is 9.59 Å². The van der Waals surface area contributed by atoms with Gasteiger partial charge < -0.3 is 9.47 Å². The van der Waals surface area contributed by atoms with Crippen molar-refractivity contribution < 1.29 is 19.1 Å². The Morgan fingerprint density at radius 2 is 1.71 bits per heavy atom. The van der Waals surface area contributed by atoms with Crippen LogP contribution in [0.4, 0.5) is 0 Å². The lowest BCUT2D eigenvalue weighted by Gasteiger charge is -2.46. The van der Waals surface area contributed by atoms with Gasteiger partial charge >= 0.3 is 0 Å². The summed E-state index contributed by atoms with van der Waals surface area (Å²) in [6.07, 6.45) is 1.79. The SMILES string of the molecule is C[C@H]1CC[C@@H]2[C@H]1C(OC=O)[C@H]2OC=O. The van der Waals surface area contributed by atoms with Crippen molar-refractivity contribution in [1.82, 2.24) is 0 Å². The summed E-state index contributed by atoms with van der Waals surface area (Å²) in [6, 6.07) is 0. The Labute approximate surface area is 82.6 Å². The Balaban J connectivity index is 2.04. The van der Waals surface area contributed by atoms with Crippen LogP contribution in [0.2, 0.25) is 0 Å². The number of fused-ring (bicyclic) bond motifs is 1. The number of carbonyl (C=O) groups excluding carboxylic acids is 2. The van der Waals surface area contributed by atoms with Crippen molar-refractivity contribution in [3.63, 3.8) is 0 Å². The van der Waals surface area contributed by atoms with Crippen molar-refractivity contribution in [1.29, 1.82) is 0 Å². The topological polar surface area (TPSA) is 52.6 Å². The summed E-state index contributed by atoms with van der Waals surface area (Å²) in [5, 5.41) is 0. The van der Waals surface area contributed by atoms with Crippen LogP contribution in [0.15, 0.2) is 0 Å². The maximum Gasteiger partial charge on any atom is 0.293 e. The highest BCUT2D eigenvalue weighted by Gasteiger charge is 2.58. The number of carbonyl (C=O) groups is 2. The van der Waals surface area contributed by atoms with E-state index in [-0.39, 0.29) is 12.2 Å². The molecular weight excluding hydrogens is 184 g/mol. The smallest absolute Gasteiger partial charge is 0.293 e. The molecule has 0 aromatic carbocycles. The van der Waals surface area contributed by atoms with Crippen LogP contribution in [0.5, 0.6) is 0 Å². The zero-order valence-electron chi connectivity index (χ0n) is 8.09. The molecule has 14 heavy (non-hydrogen) atoms. The van der Waals surface area contributed by atoms with Gasteiger partial charge in [0.25, 0.3) is 12.9 Å². The maximum absolute atomic E-state index is 10.3. The van der Waals surface area contributed by atoms with Crippen molar-refractivity contribution in [2.45, 2.75) is 32.0 Å². The predicted octanol–water partition coefficient (Wildman–Crippen LogP) is 0.746. The van der Waals surface area contributed by atoms with Gasteiger partial charge in [0.2, 0.25) is 0 Å². The van der Waals surface area contributed by atoms with Crippen LogP contribution < -0.4 is 0 Å². The molecule has 5 atom stereocenters. The summed E-state index contributed by atoms with van der Waals surface area (Å²) in [5.74, 6) is 1.36. The molecule has 0 radical (unpaired) electrons. The standard InChI is InChI=1S/C10H14O4/c1-6-2-3-7-8(6)10(14-5-12)9(7)13-4-11/h4-10H,2-3H2,1H3/t6-,7+,8-,9-,10?/m0/s1. The molecule has 1 unspecified atom stereocenters. The van der Waals surface area contributed by atoms with Gasteiger partial charge in [-0.25, -0.2) is 0 Å². The second-order valence-electron chi connectivity index (χ2n) is 4.19. The highest BCUT2D eigenvalue weighted by molar-refractivity contribution is 5.41. The number of rotatable bonds is 4. The third-order valence-electron chi connectivity index (χ3n) is 3.66. The van der Waals surface area contributed by atoms with E-state index >= 15 is 0 Å². The second kappa shape index (κ2) is 3.59. The fourth-order valence-electron chi connectivity index (χ4n) is 3.00. The van der Waals surface area contributed by atoms with Gasteiger partial charge in [-0.3, -0.25) is 9.59 Å². The minimum atomic E-state index is -0.208. The van der Waals surface area contributed by atoms with E-state index in [1.807, 2.05) is 0 Å². The summed E-state index contributed by atoms with van der Waals surface area (Å²) in [7, 11) is 0. The minimum Gasteiger partial charge on any atom is -0.460 e. The van der Waals surface area contributed by atoms with Crippen LogP contribution >= 0.6 is 0 Å². The molecular formula is C10H14O4. The maximum atomic E-state index is 10.3. The first-order chi connectivity index (χ1) is 6.79. The van der Waals surface area contributed by atoms with Crippen molar-refractivity contribution in [3.8, 4) is 0 Å². The van der Waals surface area contributed by atoms with E-state index in [1.54, 1.807) is 0 Å². The molecule has 0 bridgehead atoms. The lowest BCUT2D eigenvalue weighted by molar-refractivity contribution is -0.195. The molecule has 0 aromatic rings. The molecule has 0 aliphatic heterocycles. The first-order valence-electron chi connectivity index (χ1n) is 4.97. The fraction of sp³-hybridized carbons (Fsp3) is 0.800. The van der Waals surface area contributed by atoms with Gasteiger partial charge in [0, 0.05) is 11.8 Å². The molecule has 0 heterocycles. The van der Waals surface area contributed by atoms with Gasteiger partial charge in [-0.05, 0) is 18.8 Å². The van der Waals surface area contributed by atoms with Crippen LogP contribution in [-0.4, -0.2) is 25.2 Å². The highest BCUT2D eigenvalue weighted by Crippen LogP contribution is 2.52. The van der Waals surface area contributed by atoms with Crippen molar-refractivity contribution in [2.75, 3.05) is 0 Å². The minimum absolute atomic E-state index is 0.201. The molecule has 0 N–H and O–H groups in total. The van der Waals surface area contributed by atoms with Crippen LogP contribution in [0, 0.1) is 17.8 Å². The van der Waals surface area contributed by atoms with Crippen LogP contribution in [-0.2, 0) is 19.1 Å². The van der Waals surface area contributed by atoms with Gasteiger partial charge in [-0.15, -0.1) is 0 Å². The van der Waals surface area contributed by atoms with Gasteiger partial charge in [0.15, 0.2) is 0 Å². The van der Waals surface area contributed by atoms with Crippen LogP contribution in [0.1, 0.15) is 19.8 Å². The molecule has 4 nitrogen and oxygen atoms in total. The molecule has 4 heteroatoms. The average molecular weight is 198 g/mol. The van der Waals surface area contributed by atoms with Crippen molar-refractivity contribution in [3.05, 3.63) is 0 Å². The Morgan fingerprint density at radius 3 is 2.36 bits per heavy atom. The van der Waals surface area contributed by atoms with Gasteiger partial charge in [-0.1, -0.05) is 6.92 Å². The zero-order valence-corrected chi connectivity index (χ0v) is 8.09. The lowest BCUT2D eigenvalue weighted by atomic mass is 9.67. The van der Waals surface area contributed by atoms with E-state index in [0.29, 0.717) is 30.7 Å².